The van der Waals surface area contributed by atoms with Crippen LogP contribution >= 0.6 is 0 Å². The SMILES string of the molecule is CCC(c1ccccc1)n1cc(NC(=O)c2n[nH]c3cc(-c4ccn[nH]4)ccc23)cn1. The Balaban J connectivity index is 1.36. The van der Waals surface area contributed by atoms with Crippen molar-refractivity contribution in [1.82, 2.24) is 30.2 Å². The molecule has 0 saturated carbocycles. The molecule has 0 aliphatic carbocycles. The lowest BCUT2D eigenvalue weighted by Crippen LogP contribution is -2.13. The molecular formula is C23H21N7O. The van der Waals surface area contributed by atoms with Crippen LogP contribution in [0, 0.1) is 0 Å². The van der Waals surface area contributed by atoms with Crippen LogP contribution in [0.1, 0.15) is 35.4 Å². The highest BCUT2D eigenvalue weighted by molar-refractivity contribution is 6.11. The zero-order valence-electron chi connectivity index (χ0n) is 16.9. The van der Waals surface area contributed by atoms with Gasteiger partial charge in [-0.1, -0.05) is 43.3 Å². The average molecular weight is 411 g/mol. The molecule has 2 aromatic carbocycles. The number of amides is 1. The fourth-order valence-electron chi connectivity index (χ4n) is 3.79. The van der Waals surface area contributed by atoms with E-state index in [0.29, 0.717) is 11.4 Å². The molecule has 0 saturated heterocycles. The Kier molecular flexibility index (Phi) is 4.80. The Bertz CT molecular complexity index is 1320. The summed E-state index contributed by atoms with van der Waals surface area (Å²) in [6.45, 7) is 2.12. The highest BCUT2D eigenvalue weighted by Crippen LogP contribution is 2.25. The van der Waals surface area contributed by atoms with Gasteiger partial charge in [0.05, 0.1) is 29.1 Å². The molecule has 0 spiro atoms. The molecule has 31 heavy (non-hydrogen) atoms. The van der Waals surface area contributed by atoms with Crippen molar-refractivity contribution < 1.29 is 4.79 Å². The number of anilines is 1. The highest BCUT2D eigenvalue weighted by atomic mass is 16.2. The summed E-state index contributed by atoms with van der Waals surface area (Å²) in [5, 5.41) is 22.2. The van der Waals surface area contributed by atoms with Crippen molar-refractivity contribution in [3.05, 3.63) is 84.4 Å². The van der Waals surface area contributed by atoms with E-state index in [4.69, 9.17) is 0 Å². The van der Waals surface area contributed by atoms with Crippen LogP contribution in [0.4, 0.5) is 5.69 Å². The molecule has 0 fully saturated rings. The largest absolute Gasteiger partial charge is 0.318 e. The first-order valence-electron chi connectivity index (χ1n) is 10.1. The van der Waals surface area contributed by atoms with Gasteiger partial charge in [0.2, 0.25) is 0 Å². The molecule has 3 heterocycles. The first-order valence-corrected chi connectivity index (χ1v) is 10.1. The summed E-state index contributed by atoms with van der Waals surface area (Å²) in [6.07, 6.45) is 6.10. The summed E-state index contributed by atoms with van der Waals surface area (Å²) in [7, 11) is 0. The quantitative estimate of drug-likeness (QED) is 0.385. The molecule has 0 radical (unpaired) electrons. The van der Waals surface area contributed by atoms with Crippen molar-refractivity contribution in [2.45, 2.75) is 19.4 Å². The van der Waals surface area contributed by atoms with Gasteiger partial charge in [-0.05, 0) is 30.2 Å². The van der Waals surface area contributed by atoms with Gasteiger partial charge >= 0.3 is 0 Å². The molecule has 0 aliphatic rings. The number of carbonyl (C=O) groups is 1. The molecular weight excluding hydrogens is 390 g/mol. The highest BCUT2D eigenvalue weighted by Gasteiger charge is 2.17. The van der Waals surface area contributed by atoms with Crippen molar-refractivity contribution in [1.29, 1.82) is 0 Å². The van der Waals surface area contributed by atoms with Gasteiger partial charge in [-0.2, -0.15) is 15.3 Å². The third-order valence-corrected chi connectivity index (χ3v) is 5.34. The third-order valence-electron chi connectivity index (χ3n) is 5.34. The number of benzene rings is 2. The summed E-state index contributed by atoms with van der Waals surface area (Å²) in [5.41, 5.74) is 4.80. The first-order chi connectivity index (χ1) is 15.2. The van der Waals surface area contributed by atoms with Crippen LogP contribution in [0.25, 0.3) is 22.2 Å². The van der Waals surface area contributed by atoms with Crippen LogP contribution in [0.2, 0.25) is 0 Å². The maximum atomic E-state index is 12.9. The van der Waals surface area contributed by atoms with Crippen LogP contribution in [0.3, 0.4) is 0 Å². The number of carbonyl (C=O) groups excluding carboxylic acids is 1. The number of hydrogen-bond acceptors (Lipinski definition) is 4. The van der Waals surface area contributed by atoms with Gasteiger partial charge in [0.15, 0.2) is 5.69 Å². The molecule has 1 unspecified atom stereocenters. The lowest BCUT2D eigenvalue weighted by molar-refractivity contribution is 0.102. The second kappa shape index (κ2) is 7.91. The summed E-state index contributed by atoms with van der Waals surface area (Å²) >= 11 is 0. The zero-order chi connectivity index (χ0) is 21.2. The minimum absolute atomic E-state index is 0.110. The van der Waals surface area contributed by atoms with Crippen molar-refractivity contribution >= 4 is 22.5 Å². The fraction of sp³-hybridized carbons (Fsp3) is 0.130. The molecule has 1 atom stereocenters. The van der Waals surface area contributed by atoms with E-state index in [1.54, 1.807) is 12.4 Å². The van der Waals surface area contributed by atoms with E-state index >= 15 is 0 Å². The van der Waals surface area contributed by atoms with E-state index in [1.165, 1.54) is 5.56 Å². The number of H-pyrrole nitrogens is 2. The van der Waals surface area contributed by atoms with E-state index in [-0.39, 0.29) is 11.9 Å². The van der Waals surface area contributed by atoms with Crippen LogP contribution in [0.15, 0.2) is 73.2 Å². The maximum absolute atomic E-state index is 12.9. The molecule has 154 valence electrons. The Labute approximate surface area is 178 Å². The van der Waals surface area contributed by atoms with Crippen LogP contribution in [0.5, 0.6) is 0 Å². The smallest absolute Gasteiger partial charge is 0.276 e. The number of aromatic amines is 2. The van der Waals surface area contributed by atoms with E-state index in [0.717, 1.165) is 28.6 Å². The second-order valence-corrected chi connectivity index (χ2v) is 7.30. The van der Waals surface area contributed by atoms with Gasteiger partial charge in [-0.3, -0.25) is 19.7 Å². The molecule has 5 aromatic rings. The summed E-state index contributed by atoms with van der Waals surface area (Å²) in [4.78, 5) is 12.9. The molecule has 8 heteroatoms. The Morgan fingerprint density at radius 1 is 1.13 bits per heavy atom. The van der Waals surface area contributed by atoms with E-state index in [1.807, 2.05) is 53.3 Å². The van der Waals surface area contributed by atoms with E-state index < -0.39 is 0 Å². The molecule has 0 aliphatic heterocycles. The number of aromatic nitrogens is 6. The van der Waals surface area contributed by atoms with Gasteiger partial charge in [0.1, 0.15) is 0 Å². The Hall–Kier alpha value is -4.20. The zero-order valence-corrected chi connectivity index (χ0v) is 16.9. The number of nitrogens with one attached hydrogen (secondary N) is 3. The normalized spacial score (nSPS) is 12.2. The first kappa shape index (κ1) is 18.8. The topological polar surface area (TPSA) is 104 Å². The summed E-state index contributed by atoms with van der Waals surface area (Å²) in [6, 6.07) is 18.0. The number of fused-ring (bicyclic) bond motifs is 1. The van der Waals surface area contributed by atoms with Crippen LogP contribution in [-0.2, 0) is 0 Å². The Morgan fingerprint density at radius 2 is 2.00 bits per heavy atom. The average Bonchev–Trinajstić information content (AvgIpc) is 3.56. The predicted octanol–water partition coefficient (Wildman–Crippen LogP) is 4.40. The summed E-state index contributed by atoms with van der Waals surface area (Å²) < 4.78 is 1.88. The molecule has 3 aromatic heterocycles. The van der Waals surface area contributed by atoms with Gasteiger partial charge in [-0.25, -0.2) is 0 Å². The Morgan fingerprint density at radius 3 is 2.77 bits per heavy atom. The van der Waals surface area contributed by atoms with Gasteiger partial charge in [0, 0.05) is 23.3 Å². The lowest BCUT2D eigenvalue weighted by atomic mass is 10.1. The molecule has 3 N–H and O–H groups in total. The molecule has 8 nitrogen and oxygen atoms in total. The minimum Gasteiger partial charge on any atom is -0.318 e. The summed E-state index contributed by atoms with van der Waals surface area (Å²) in [5.74, 6) is -0.284. The monoisotopic (exact) mass is 411 g/mol. The molecule has 5 rings (SSSR count). The van der Waals surface area contributed by atoms with Gasteiger partial charge < -0.3 is 5.32 Å². The number of nitrogens with zero attached hydrogens (tertiary/aromatic N) is 4. The van der Waals surface area contributed by atoms with Gasteiger partial charge in [-0.15, -0.1) is 0 Å². The van der Waals surface area contributed by atoms with E-state index in [9.17, 15) is 4.79 Å². The standard InChI is InChI=1S/C23H21N7O/c1-2-21(15-6-4-3-5-7-15)30-14-17(13-25-30)26-23(31)22-18-9-8-16(12-20(18)28-29-22)19-10-11-24-27-19/h3-14,21H,2H2,1H3,(H,24,27)(H,26,31)(H,28,29). The van der Waals surface area contributed by atoms with Crippen LogP contribution in [-0.4, -0.2) is 36.1 Å². The van der Waals surface area contributed by atoms with Crippen molar-refractivity contribution in [2.75, 3.05) is 5.32 Å². The van der Waals surface area contributed by atoms with E-state index in [2.05, 4.69) is 49.9 Å². The fourth-order valence-corrected chi connectivity index (χ4v) is 3.79. The van der Waals surface area contributed by atoms with Gasteiger partial charge in [0.25, 0.3) is 5.91 Å². The second-order valence-electron chi connectivity index (χ2n) is 7.30. The predicted molar refractivity (Wildman–Crippen MR) is 119 cm³/mol. The van der Waals surface area contributed by atoms with Crippen molar-refractivity contribution in [2.24, 2.45) is 0 Å². The van der Waals surface area contributed by atoms with Crippen molar-refractivity contribution in [3.63, 3.8) is 0 Å². The van der Waals surface area contributed by atoms with Crippen molar-refractivity contribution in [3.8, 4) is 11.3 Å². The maximum Gasteiger partial charge on any atom is 0.276 e. The molecule has 1 amide bonds. The number of rotatable bonds is 6. The molecule has 0 bridgehead atoms. The number of hydrogen-bond donors (Lipinski definition) is 3. The van der Waals surface area contributed by atoms with Crippen LogP contribution < -0.4 is 5.32 Å². The third kappa shape index (κ3) is 3.59. The lowest BCUT2D eigenvalue weighted by Gasteiger charge is -2.15. The minimum atomic E-state index is -0.284.